The molecule has 270 valence electrons. The molecule has 7 atom stereocenters. The van der Waals surface area contributed by atoms with Crippen molar-refractivity contribution in [2.45, 2.75) is 67.2 Å². The molecule has 0 aliphatic carbocycles. The Morgan fingerprint density at radius 1 is 0.760 bits per heavy atom. The number of alkyl halides is 3. The zero-order valence-electron chi connectivity index (χ0n) is 26.7. The molecular weight excluding hydrogens is 729 g/mol. The second kappa shape index (κ2) is 16.8. The topological polar surface area (TPSA) is 192 Å². The van der Waals surface area contributed by atoms with E-state index >= 15 is 0 Å². The molecule has 0 bridgehead atoms. The van der Waals surface area contributed by atoms with Crippen molar-refractivity contribution in [1.29, 1.82) is 5.41 Å². The Kier molecular flexibility index (Phi) is 13.0. The molecular formula is C32H32Cl3NO14. The van der Waals surface area contributed by atoms with Crippen LogP contribution in [0.15, 0.2) is 60.7 Å². The second-order valence-corrected chi connectivity index (χ2v) is 13.2. The third-order valence-corrected chi connectivity index (χ3v) is 7.62. The van der Waals surface area contributed by atoms with Crippen molar-refractivity contribution in [3.8, 4) is 0 Å². The molecule has 15 nitrogen and oxygen atoms in total. The number of halogens is 3. The minimum Gasteiger partial charge on any atom is -0.461 e. The number of carbonyl (C=O) groups excluding carboxylic acids is 5. The van der Waals surface area contributed by atoms with E-state index in [1.165, 1.54) is 24.3 Å². The number of rotatable bonds is 11. The fourth-order valence-corrected chi connectivity index (χ4v) is 5.10. The van der Waals surface area contributed by atoms with E-state index in [0.717, 1.165) is 20.8 Å². The summed E-state index contributed by atoms with van der Waals surface area (Å²) in [6.07, 6.45) is -9.67. The van der Waals surface area contributed by atoms with Crippen molar-refractivity contribution in [2.75, 3.05) is 19.8 Å². The van der Waals surface area contributed by atoms with Gasteiger partial charge in [0.25, 0.3) is 3.79 Å². The minimum absolute atomic E-state index is 0.0787. The minimum atomic E-state index is -2.38. The highest BCUT2D eigenvalue weighted by atomic mass is 35.6. The molecule has 2 heterocycles. The van der Waals surface area contributed by atoms with Gasteiger partial charge in [0.05, 0.1) is 24.3 Å². The Morgan fingerprint density at radius 2 is 1.34 bits per heavy atom. The van der Waals surface area contributed by atoms with Crippen LogP contribution in [-0.2, 0) is 57.0 Å². The van der Waals surface area contributed by atoms with E-state index in [1.54, 1.807) is 36.4 Å². The summed E-state index contributed by atoms with van der Waals surface area (Å²) in [5.41, 5.74) is -1.68. The van der Waals surface area contributed by atoms with Gasteiger partial charge in [-0.2, -0.15) is 0 Å². The van der Waals surface area contributed by atoms with E-state index in [0.29, 0.717) is 0 Å². The molecule has 2 fully saturated rings. The Hall–Kier alpha value is -3.99. The second-order valence-electron chi connectivity index (χ2n) is 10.9. The van der Waals surface area contributed by atoms with E-state index < -0.39 is 102 Å². The van der Waals surface area contributed by atoms with Crippen LogP contribution in [0.5, 0.6) is 0 Å². The number of nitrogens with one attached hydrogen (secondary N) is 1. The molecule has 0 saturated carbocycles. The van der Waals surface area contributed by atoms with Crippen LogP contribution >= 0.6 is 34.8 Å². The zero-order valence-corrected chi connectivity index (χ0v) is 29.0. The lowest BCUT2D eigenvalue weighted by Gasteiger charge is -2.42. The maximum absolute atomic E-state index is 13.4. The molecule has 18 heteroatoms. The van der Waals surface area contributed by atoms with Gasteiger partial charge in [0.2, 0.25) is 17.8 Å². The maximum atomic E-state index is 13.4. The number of esters is 5. The smallest absolute Gasteiger partial charge is 0.338 e. The molecule has 0 radical (unpaired) electrons. The SMILES string of the molecule is CC(=O)OC[C@@]1(OC(C)=O)CO[C@@H](O[C@@H]2[C@@H](OC(=O)c3ccccc3)[C@H](OC(=N)C(Cl)(Cl)Cl)OC[C@H]2OC(=O)c2ccccc2)[C@@H]1OC(C)=O. The Labute approximate surface area is 300 Å². The maximum Gasteiger partial charge on any atom is 0.338 e. The van der Waals surface area contributed by atoms with Gasteiger partial charge in [0.15, 0.2) is 24.6 Å². The van der Waals surface area contributed by atoms with Crippen LogP contribution in [0.1, 0.15) is 41.5 Å². The fourth-order valence-electron chi connectivity index (χ4n) is 4.96. The normalized spacial score (nSPS) is 26.2. The lowest BCUT2D eigenvalue weighted by molar-refractivity contribution is -0.292. The zero-order chi connectivity index (χ0) is 36.6. The third kappa shape index (κ3) is 10.0. The first kappa shape index (κ1) is 38.8. The summed E-state index contributed by atoms with van der Waals surface area (Å²) >= 11 is 17.6. The molecule has 50 heavy (non-hydrogen) atoms. The van der Waals surface area contributed by atoms with Gasteiger partial charge in [0, 0.05) is 20.8 Å². The Bertz CT molecular complexity index is 1560. The molecule has 2 aromatic carbocycles. The summed E-state index contributed by atoms with van der Waals surface area (Å²) in [5.74, 6) is -5.13. The summed E-state index contributed by atoms with van der Waals surface area (Å²) in [7, 11) is 0. The first-order valence-electron chi connectivity index (χ1n) is 14.8. The summed E-state index contributed by atoms with van der Waals surface area (Å²) in [5, 5.41) is 8.15. The van der Waals surface area contributed by atoms with Crippen LogP contribution in [0.2, 0.25) is 0 Å². The van der Waals surface area contributed by atoms with Crippen LogP contribution in [0.25, 0.3) is 0 Å². The Morgan fingerprint density at radius 3 is 1.86 bits per heavy atom. The molecule has 0 aromatic heterocycles. The van der Waals surface area contributed by atoms with Crippen LogP contribution < -0.4 is 0 Å². The van der Waals surface area contributed by atoms with Gasteiger partial charge in [-0.15, -0.1) is 0 Å². The molecule has 1 N–H and O–H groups in total. The predicted octanol–water partition coefficient (Wildman–Crippen LogP) is 3.70. The van der Waals surface area contributed by atoms with Gasteiger partial charge < -0.3 is 42.6 Å². The highest BCUT2D eigenvalue weighted by molar-refractivity contribution is 6.76. The van der Waals surface area contributed by atoms with Gasteiger partial charge in [0.1, 0.15) is 12.7 Å². The molecule has 4 rings (SSSR count). The van der Waals surface area contributed by atoms with E-state index in [-0.39, 0.29) is 11.1 Å². The van der Waals surface area contributed by atoms with Crippen LogP contribution in [0.4, 0.5) is 0 Å². The third-order valence-electron chi connectivity index (χ3n) is 7.10. The summed E-state index contributed by atoms with van der Waals surface area (Å²) < 4.78 is 48.7. The van der Waals surface area contributed by atoms with E-state index in [4.69, 9.17) is 82.8 Å². The summed E-state index contributed by atoms with van der Waals surface area (Å²) in [6, 6.07) is 15.6. The molecule has 2 aliphatic rings. The van der Waals surface area contributed by atoms with Crippen molar-refractivity contribution in [1.82, 2.24) is 0 Å². The van der Waals surface area contributed by atoms with Gasteiger partial charge in [-0.05, 0) is 24.3 Å². The standard InChI is InChI=1S/C32H32Cl3NO14/c1-17(37)43-15-31(50-19(3)39)16-44-29(25(31)45-18(2)38)48-23-22(46-26(40)20-10-6-4-7-11-20)14-42-28(49-30(36)32(33,34)35)24(23)47-27(41)21-12-8-5-9-13-21/h4-13,22-25,28-29,36H,14-16H2,1-3H3/t22-,23+,24-,25+,28+,29+,31-/m1/s1. The lowest BCUT2D eigenvalue weighted by Crippen LogP contribution is -2.61. The van der Waals surface area contributed by atoms with Gasteiger partial charge in [-0.3, -0.25) is 19.8 Å². The van der Waals surface area contributed by atoms with Crippen LogP contribution in [0.3, 0.4) is 0 Å². The fraction of sp³-hybridized carbons (Fsp3) is 0.438. The number of ether oxygens (including phenoxy) is 9. The summed E-state index contributed by atoms with van der Waals surface area (Å²) in [4.78, 5) is 63.0. The van der Waals surface area contributed by atoms with Gasteiger partial charge in [-0.1, -0.05) is 71.2 Å². The average molecular weight is 761 g/mol. The van der Waals surface area contributed by atoms with Crippen LogP contribution in [0, 0.1) is 5.41 Å². The quantitative estimate of drug-likeness (QED) is 0.115. The van der Waals surface area contributed by atoms with Crippen molar-refractivity contribution in [2.24, 2.45) is 0 Å². The highest BCUT2D eigenvalue weighted by Crippen LogP contribution is 2.37. The molecule has 2 aliphatic heterocycles. The monoisotopic (exact) mass is 759 g/mol. The Balaban J connectivity index is 1.77. The van der Waals surface area contributed by atoms with Crippen molar-refractivity contribution in [3.05, 3.63) is 71.8 Å². The molecule has 0 unspecified atom stereocenters. The largest absolute Gasteiger partial charge is 0.461 e. The van der Waals surface area contributed by atoms with Crippen LogP contribution in [-0.4, -0.2) is 102 Å². The molecule has 0 spiro atoms. The predicted molar refractivity (Wildman–Crippen MR) is 171 cm³/mol. The van der Waals surface area contributed by atoms with Crippen molar-refractivity contribution in [3.63, 3.8) is 0 Å². The number of benzene rings is 2. The molecule has 2 saturated heterocycles. The number of carbonyl (C=O) groups is 5. The van der Waals surface area contributed by atoms with Gasteiger partial charge >= 0.3 is 29.8 Å². The lowest BCUT2D eigenvalue weighted by atomic mass is 9.99. The van der Waals surface area contributed by atoms with Gasteiger partial charge in [-0.25, -0.2) is 9.59 Å². The average Bonchev–Trinajstić information content (AvgIpc) is 3.37. The van der Waals surface area contributed by atoms with E-state index in [1.807, 2.05) is 0 Å². The number of hydrogen-bond acceptors (Lipinski definition) is 15. The first-order chi connectivity index (χ1) is 23.6. The summed E-state index contributed by atoms with van der Waals surface area (Å²) in [6.45, 7) is 1.64. The number of hydrogen-bond donors (Lipinski definition) is 1. The van der Waals surface area contributed by atoms with E-state index in [9.17, 15) is 24.0 Å². The highest BCUT2D eigenvalue weighted by Gasteiger charge is 2.59. The van der Waals surface area contributed by atoms with Crippen molar-refractivity contribution < 1.29 is 66.6 Å². The first-order valence-corrected chi connectivity index (χ1v) is 16.0. The molecule has 2 aromatic rings. The molecule has 0 amide bonds. The van der Waals surface area contributed by atoms with Crippen molar-refractivity contribution >= 4 is 70.5 Å². The van der Waals surface area contributed by atoms with E-state index in [2.05, 4.69) is 0 Å².